The molecule has 0 spiro atoms. The van der Waals surface area contributed by atoms with Crippen LogP contribution in [-0.2, 0) is 23.0 Å². The maximum atomic E-state index is 12.1. The quantitative estimate of drug-likeness (QED) is 0.924. The zero-order valence-electron chi connectivity index (χ0n) is 10.7. The highest BCUT2D eigenvalue weighted by atomic mass is 35.5. The second-order valence-electron chi connectivity index (χ2n) is 5.37. The van der Waals surface area contributed by atoms with Crippen LogP contribution < -0.4 is 10.5 Å². The standard InChI is InChI=1S/C13H18ClNO2S/c1-13(2,15)8-18(16)7-10-6-11(14)5-9-3-4-17-12(9)10/h5-6H,3-4,7-8,15H2,1-2H3. The van der Waals surface area contributed by atoms with Crippen LogP contribution in [-0.4, -0.2) is 22.1 Å². The van der Waals surface area contributed by atoms with Crippen molar-refractivity contribution < 1.29 is 8.95 Å². The minimum Gasteiger partial charge on any atom is -0.493 e. The minimum absolute atomic E-state index is 0.423. The first-order valence-corrected chi connectivity index (χ1v) is 7.80. The van der Waals surface area contributed by atoms with Gasteiger partial charge in [0.1, 0.15) is 5.75 Å². The monoisotopic (exact) mass is 287 g/mol. The third-order valence-corrected chi connectivity index (χ3v) is 4.59. The van der Waals surface area contributed by atoms with E-state index >= 15 is 0 Å². The van der Waals surface area contributed by atoms with E-state index in [1.807, 2.05) is 26.0 Å². The van der Waals surface area contributed by atoms with Crippen LogP contribution in [0.25, 0.3) is 0 Å². The molecular formula is C13H18ClNO2S. The lowest BCUT2D eigenvalue weighted by Gasteiger charge is -2.18. The summed E-state index contributed by atoms with van der Waals surface area (Å²) in [7, 11) is -1.00. The topological polar surface area (TPSA) is 52.3 Å². The molecule has 2 rings (SSSR count). The molecule has 0 saturated heterocycles. The number of fused-ring (bicyclic) bond motifs is 1. The van der Waals surface area contributed by atoms with Crippen LogP contribution >= 0.6 is 11.6 Å². The van der Waals surface area contributed by atoms with E-state index in [9.17, 15) is 4.21 Å². The van der Waals surface area contributed by atoms with Gasteiger partial charge in [0.15, 0.2) is 0 Å². The largest absolute Gasteiger partial charge is 0.493 e. The summed E-state index contributed by atoms with van der Waals surface area (Å²) in [6.45, 7) is 4.44. The molecule has 1 aliphatic heterocycles. The fourth-order valence-corrected chi connectivity index (χ4v) is 3.85. The van der Waals surface area contributed by atoms with E-state index in [1.54, 1.807) is 0 Å². The van der Waals surface area contributed by atoms with Gasteiger partial charge in [-0.15, -0.1) is 0 Å². The maximum absolute atomic E-state index is 12.1. The molecule has 1 aromatic rings. The third kappa shape index (κ3) is 3.46. The molecule has 0 radical (unpaired) electrons. The van der Waals surface area contributed by atoms with Crippen molar-refractivity contribution in [2.24, 2.45) is 5.73 Å². The third-order valence-electron chi connectivity index (χ3n) is 2.67. The van der Waals surface area contributed by atoms with Crippen LogP contribution in [0.2, 0.25) is 5.02 Å². The Morgan fingerprint density at radius 1 is 1.50 bits per heavy atom. The molecule has 0 amide bonds. The van der Waals surface area contributed by atoms with Gasteiger partial charge in [-0.3, -0.25) is 4.21 Å². The molecule has 1 unspecified atom stereocenters. The van der Waals surface area contributed by atoms with Gasteiger partial charge < -0.3 is 10.5 Å². The van der Waals surface area contributed by atoms with Gasteiger partial charge in [0.05, 0.1) is 12.4 Å². The van der Waals surface area contributed by atoms with E-state index in [2.05, 4.69) is 0 Å². The second kappa shape index (κ2) is 5.19. The second-order valence-corrected chi connectivity index (χ2v) is 7.26. The zero-order valence-corrected chi connectivity index (χ0v) is 12.2. The van der Waals surface area contributed by atoms with Gasteiger partial charge in [-0.05, 0) is 31.5 Å². The Balaban J connectivity index is 2.17. The van der Waals surface area contributed by atoms with E-state index in [-0.39, 0.29) is 0 Å². The predicted molar refractivity (Wildman–Crippen MR) is 75.6 cm³/mol. The van der Waals surface area contributed by atoms with Crippen LogP contribution in [0.15, 0.2) is 12.1 Å². The smallest absolute Gasteiger partial charge is 0.126 e. The van der Waals surface area contributed by atoms with E-state index < -0.39 is 16.3 Å². The van der Waals surface area contributed by atoms with Crippen molar-refractivity contribution in [1.29, 1.82) is 0 Å². The summed E-state index contributed by atoms with van der Waals surface area (Å²) in [5.74, 6) is 1.78. The summed E-state index contributed by atoms with van der Waals surface area (Å²) >= 11 is 6.07. The molecule has 5 heteroatoms. The van der Waals surface area contributed by atoms with E-state index in [1.165, 1.54) is 0 Å². The number of ether oxygens (including phenoxy) is 1. The first kappa shape index (κ1) is 13.8. The van der Waals surface area contributed by atoms with E-state index in [4.69, 9.17) is 22.1 Å². The Morgan fingerprint density at radius 2 is 2.22 bits per heavy atom. The average molecular weight is 288 g/mol. The molecule has 0 fully saturated rings. The molecular weight excluding hydrogens is 270 g/mol. The molecule has 0 saturated carbocycles. The first-order valence-electron chi connectivity index (χ1n) is 5.93. The summed E-state index contributed by atoms with van der Waals surface area (Å²) in [5, 5.41) is 0.679. The summed E-state index contributed by atoms with van der Waals surface area (Å²) < 4.78 is 17.7. The van der Waals surface area contributed by atoms with Gasteiger partial charge in [0.2, 0.25) is 0 Å². The molecule has 18 heavy (non-hydrogen) atoms. The molecule has 0 aromatic heterocycles. The molecule has 3 nitrogen and oxygen atoms in total. The van der Waals surface area contributed by atoms with Gasteiger partial charge in [-0.2, -0.15) is 0 Å². The number of hydrogen-bond donors (Lipinski definition) is 1. The normalized spacial score (nSPS) is 16.2. The fourth-order valence-electron chi connectivity index (χ4n) is 2.09. The van der Waals surface area contributed by atoms with Crippen LogP contribution in [0.4, 0.5) is 0 Å². The predicted octanol–water partition coefficient (Wildman–Crippen LogP) is 2.26. The molecule has 1 aliphatic rings. The number of rotatable bonds is 4. The fraction of sp³-hybridized carbons (Fsp3) is 0.538. The summed E-state index contributed by atoms with van der Waals surface area (Å²) in [6.07, 6.45) is 0.873. The van der Waals surface area contributed by atoms with Crippen LogP contribution in [0.3, 0.4) is 0 Å². The number of benzene rings is 1. The molecule has 2 N–H and O–H groups in total. The van der Waals surface area contributed by atoms with Gasteiger partial charge in [0.25, 0.3) is 0 Å². The van der Waals surface area contributed by atoms with Crippen LogP contribution in [0, 0.1) is 0 Å². The number of halogens is 1. The lowest BCUT2D eigenvalue weighted by Crippen LogP contribution is -2.38. The van der Waals surface area contributed by atoms with Crippen molar-refractivity contribution in [3.63, 3.8) is 0 Å². The lowest BCUT2D eigenvalue weighted by atomic mass is 10.1. The lowest BCUT2D eigenvalue weighted by molar-refractivity contribution is 0.354. The zero-order chi connectivity index (χ0) is 13.3. The highest BCUT2D eigenvalue weighted by molar-refractivity contribution is 7.84. The Kier molecular flexibility index (Phi) is 3.99. The van der Waals surface area contributed by atoms with Gasteiger partial charge in [-0.25, -0.2) is 0 Å². The Morgan fingerprint density at radius 3 is 2.89 bits per heavy atom. The average Bonchev–Trinajstić information content (AvgIpc) is 2.61. The van der Waals surface area contributed by atoms with Gasteiger partial charge in [0, 0.05) is 39.1 Å². The molecule has 1 aromatic carbocycles. The van der Waals surface area contributed by atoms with Gasteiger partial charge >= 0.3 is 0 Å². The number of hydrogen-bond acceptors (Lipinski definition) is 3. The van der Waals surface area contributed by atoms with Crippen molar-refractivity contribution in [1.82, 2.24) is 0 Å². The number of nitrogens with two attached hydrogens (primary N) is 1. The van der Waals surface area contributed by atoms with Crippen molar-refractivity contribution in [2.75, 3.05) is 12.4 Å². The Bertz CT molecular complexity index is 483. The van der Waals surface area contributed by atoms with Gasteiger partial charge in [-0.1, -0.05) is 11.6 Å². The maximum Gasteiger partial charge on any atom is 0.126 e. The Labute approximate surface area is 115 Å². The van der Waals surface area contributed by atoms with Crippen LogP contribution in [0.5, 0.6) is 5.75 Å². The summed E-state index contributed by atoms with van der Waals surface area (Å²) in [6, 6.07) is 3.76. The molecule has 1 heterocycles. The molecule has 0 aliphatic carbocycles. The highest BCUT2D eigenvalue weighted by Gasteiger charge is 2.21. The highest BCUT2D eigenvalue weighted by Crippen LogP contribution is 2.33. The van der Waals surface area contributed by atoms with E-state index in [0.29, 0.717) is 23.1 Å². The van der Waals surface area contributed by atoms with Crippen molar-refractivity contribution in [3.05, 3.63) is 28.3 Å². The van der Waals surface area contributed by atoms with Crippen molar-refractivity contribution >= 4 is 22.4 Å². The van der Waals surface area contributed by atoms with Crippen molar-refractivity contribution in [3.8, 4) is 5.75 Å². The van der Waals surface area contributed by atoms with E-state index in [0.717, 1.165) is 23.3 Å². The summed E-state index contributed by atoms with van der Waals surface area (Å²) in [4.78, 5) is 0. The molecule has 100 valence electrons. The van der Waals surface area contributed by atoms with Crippen molar-refractivity contribution in [2.45, 2.75) is 31.6 Å². The Hall–Kier alpha value is -0.580. The van der Waals surface area contributed by atoms with Crippen LogP contribution in [0.1, 0.15) is 25.0 Å². The summed E-state index contributed by atoms with van der Waals surface area (Å²) in [5.41, 5.74) is 7.50. The molecule has 1 atom stereocenters. The SMILES string of the molecule is CC(C)(N)CS(=O)Cc1cc(Cl)cc2c1OCC2. The molecule has 0 bridgehead atoms. The minimum atomic E-state index is -1.00. The first-order chi connectivity index (χ1) is 8.35.